The fourth-order valence-electron chi connectivity index (χ4n) is 2.12. The lowest BCUT2D eigenvalue weighted by atomic mass is 9.97. The quantitative estimate of drug-likeness (QED) is 0.671. The Bertz CT molecular complexity index is 416. The van der Waals surface area contributed by atoms with Crippen molar-refractivity contribution in [3.05, 3.63) is 11.5 Å². The van der Waals surface area contributed by atoms with Crippen molar-refractivity contribution in [3.63, 3.8) is 0 Å². The van der Waals surface area contributed by atoms with Gasteiger partial charge in [-0.25, -0.2) is 8.42 Å². The number of rotatable bonds is 2. The Balaban J connectivity index is 1.91. The van der Waals surface area contributed by atoms with Gasteiger partial charge in [0.15, 0.2) is 9.84 Å². The molecule has 0 saturated carbocycles. The zero-order valence-corrected chi connectivity index (χ0v) is 9.96. The van der Waals surface area contributed by atoms with Crippen LogP contribution in [0.3, 0.4) is 0 Å². The summed E-state index contributed by atoms with van der Waals surface area (Å²) in [5, 5.41) is 7.08. The molecule has 16 heavy (non-hydrogen) atoms. The molecule has 0 radical (unpaired) electrons. The van der Waals surface area contributed by atoms with Gasteiger partial charge in [0.05, 0.1) is 17.7 Å². The molecule has 3 unspecified atom stereocenters. The van der Waals surface area contributed by atoms with Crippen molar-refractivity contribution in [2.24, 2.45) is 11.8 Å². The Morgan fingerprint density at radius 2 is 2.19 bits per heavy atom. The summed E-state index contributed by atoms with van der Waals surface area (Å²) in [4.78, 5) is 11.8. The van der Waals surface area contributed by atoms with E-state index in [1.54, 1.807) is 6.08 Å². The number of carbonyl (C=O) groups excluding carboxylic acids is 1. The molecule has 2 heterocycles. The summed E-state index contributed by atoms with van der Waals surface area (Å²) in [5.74, 6) is 0.204. The molecule has 2 N–H and O–H groups in total. The molecule has 2 rings (SSSR count). The fourth-order valence-corrected chi connectivity index (χ4v) is 3.35. The lowest BCUT2D eigenvalue weighted by Gasteiger charge is -2.16. The van der Waals surface area contributed by atoms with Crippen LogP contribution < -0.4 is 10.6 Å². The van der Waals surface area contributed by atoms with Gasteiger partial charge in [0, 0.05) is 12.0 Å². The van der Waals surface area contributed by atoms with Gasteiger partial charge < -0.3 is 10.6 Å². The zero-order chi connectivity index (χ0) is 11.8. The van der Waals surface area contributed by atoms with Crippen molar-refractivity contribution in [2.45, 2.75) is 13.0 Å². The van der Waals surface area contributed by atoms with Crippen LogP contribution in [0, 0.1) is 11.8 Å². The van der Waals surface area contributed by atoms with Crippen molar-refractivity contribution in [1.29, 1.82) is 0 Å². The summed E-state index contributed by atoms with van der Waals surface area (Å²) in [6.45, 7) is 3.54. The third-order valence-corrected chi connectivity index (χ3v) is 4.51. The van der Waals surface area contributed by atoms with Crippen LogP contribution in [0.2, 0.25) is 0 Å². The second-order valence-electron chi connectivity index (χ2n) is 4.52. The molecule has 3 atom stereocenters. The van der Waals surface area contributed by atoms with Crippen LogP contribution in [0.15, 0.2) is 11.5 Å². The molecular weight excluding hydrogens is 228 g/mol. The van der Waals surface area contributed by atoms with Crippen LogP contribution in [0.1, 0.15) is 6.92 Å². The van der Waals surface area contributed by atoms with E-state index < -0.39 is 9.84 Å². The van der Waals surface area contributed by atoms with Crippen molar-refractivity contribution in [3.8, 4) is 0 Å². The average molecular weight is 244 g/mol. The molecule has 0 aromatic heterocycles. The highest BCUT2D eigenvalue weighted by molar-refractivity contribution is 7.94. The molecule has 0 bridgehead atoms. The summed E-state index contributed by atoms with van der Waals surface area (Å²) in [5.41, 5.74) is 0. The number of amides is 1. The molecule has 1 saturated heterocycles. The van der Waals surface area contributed by atoms with Gasteiger partial charge in [-0.05, 0) is 18.5 Å². The highest BCUT2D eigenvalue weighted by Gasteiger charge is 2.32. The second-order valence-corrected chi connectivity index (χ2v) is 6.45. The first kappa shape index (κ1) is 11.6. The van der Waals surface area contributed by atoms with Crippen molar-refractivity contribution < 1.29 is 13.2 Å². The van der Waals surface area contributed by atoms with Gasteiger partial charge in [0.1, 0.15) is 0 Å². The topological polar surface area (TPSA) is 75.3 Å². The molecule has 0 aromatic carbocycles. The van der Waals surface area contributed by atoms with Crippen LogP contribution in [0.4, 0.5) is 0 Å². The van der Waals surface area contributed by atoms with E-state index in [1.807, 2.05) is 6.92 Å². The first-order valence-electron chi connectivity index (χ1n) is 5.40. The van der Waals surface area contributed by atoms with Crippen LogP contribution >= 0.6 is 0 Å². The van der Waals surface area contributed by atoms with Gasteiger partial charge in [0.2, 0.25) is 5.91 Å². The lowest BCUT2D eigenvalue weighted by Crippen LogP contribution is -2.41. The second kappa shape index (κ2) is 4.18. The number of carbonyl (C=O) groups is 1. The number of nitrogens with one attached hydrogen (secondary N) is 2. The molecule has 6 heteroatoms. The first-order chi connectivity index (χ1) is 7.48. The average Bonchev–Trinajstić information content (AvgIpc) is 2.72. The van der Waals surface area contributed by atoms with Gasteiger partial charge in [-0.3, -0.25) is 4.79 Å². The van der Waals surface area contributed by atoms with E-state index >= 15 is 0 Å². The molecule has 5 nitrogen and oxygen atoms in total. The number of hydrogen-bond acceptors (Lipinski definition) is 4. The minimum Gasteiger partial charge on any atom is -0.349 e. The van der Waals surface area contributed by atoms with Gasteiger partial charge in [-0.15, -0.1) is 0 Å². The van der Waals surface area contributed by atoms with Crippen LogP contribution in [0.25, 0.3) is 0 Å². The Morgan fingerprint density at radius 1 is 1.44 bits per heavy atom. The minimum absolute atomic E-state index is 0.00668. The monoisotopic (exact) mass is 244 g/mol. The molecular formula is C10H16N2O3S. The Hall–Kier alpha value is -0.880. The Labute approximate surface area is 95.2 Å². The largest absolute Gasteiger partial charge is 0.349 e. The minimum atomic E-state index is -3.09. The molecule has 0 aliphatic carbocycles. The molecule has 0 spiro atoms. The van der Waals surface area contributed by atoms with E-state index in [9.17, 15) is 13.2 Å². The van der Waals surface area contributed by atoms with E-state index in [4.69, 9.17) is 0 Å². The number of hydrogen-bond donors (Lipinski definition) is 2. The molecule has 1 fully saturated rings. The summed E-state index contributed by atoms with van der Waals surface area (Å²) in [6, 6.07) is -0.356. The van der Waals surface area contributed by atoms with E-state index in [-0.39, 0.29) is 23.6 Å². The molecule has 90 valence electrons. The van der Waals surface area contributed by atoms with Crippen LogP contribution in [0.5, 0.6) is 0 Å². The fraction of sp³-hybridized carbons (Fsp3) is 0.700. The van der Waals surface area contributed by atoms with E-state index in [2.05, 4.69) is 10.6 Å². The van der Waals surface area contributed by atoms with Gasteiger partial charge in [0.25, 0.3) is 0 Å². The highest BCUT2D eigenvalue weighted by atomic mass is 32.2. The summed E-state index contributed by atoms with van der Waals surface area (Å²) >= 11 is 0. The third-order valence-electron chi connectivity index (χ3n) is 3.11. The standard InChI is InChI=1S/C10H16N2O3S/c1-7-4-11-5-9(7)10(13)12-8-2-3-16(14,15)6-8/h2-3,7-9,11H,4-6H2,1H3,(H,12,13). The van der Waals surface area contributed by atoms with E-state index in [1.165, 1.54) is 5.41 Å². The Kier molecular flexibility index (Phi) is 3.03. The summed E-state index contributed by atoms with van der Waals surface area (Å²) < 4.78 is 22.3. The van der Waals surface area contributed by atoms with Crippen LogP contribution in [-0.2, 0) is 14.6 Å². The van der Waals surface area contributed by atoms with Crippen LogP contribution in [-0.4, -0.2) is 39.2 Å². The zero-order valence-electron chi connectivity index (χ0n) is 9.14. The maximum absolute atomic E-state index is 11.8. The maximum atomic E-state index is 11.8. The lowest BCUT2D eigenvalue weighted by molar-refractivity contribution is -0.125. The molecule has 0 aromatic rings. The van der Waals surface area contributed by atoms with Gasteiger partial charge >= 0.3 is 0 Å². The van der Waals surface area contributed by atoms with E-state index in [0.29, 0.717) is 12.5 Å². The summed E-state index contributed by atoms with van der Waals surface area (Å²) in [6.07, 6.45) is 1.54. The normalized spacial score (nSPS) is 36.4. The predicted molar refractivity (Wildman–Crippen MR) is 60.4 cm³/mol. The maximum Gasteiger partial charge on any atom is 0.225 e. The third kappa shape index (κ3) is 2.44. The predicted octanol–water partition coefficient (Wildman–Crippen LogP) is -0.731. The van der Waals surface area contributed by atoms with Crippen molar-refractivity contribution >= 4 is 15.7 Å². The smallest absolute Gasteiger partial charge is 0.225 e. The SMILES string of the molecule is CC1CNCC1C(=O)NC1C=CS(=O)(=O)C1. The van der Waals surface area contributed by atoms with Crippen molar-refractivity contribution in [1.82, 2.24) is 10.6 Å². The highest BCUT2D eigenvalue weighted by Crippen LogP contribution is 2.17. The summed E-state index contributed by atoms with van der Waals surface area (Å²) in [7, 11) is -3.09. The number of sulfone groups is 1. The first-order valence-corrected chi connectivity index (χ1v) is 7.11. The Morgan fingerprint density at radius 3 is 2.69 bits per heavy atom. The van der Waals surface area contributed by atoms with E-state index in [0.717, 1.165) is 6.54 Å². The van der Waals surface area contributed by atoms with Gasteiger partial charge in [-0.1, -0.05) is 6.92 Å². The molecule has 2 aliphatic heterocycles. The molecule has 2 aliphatic rings. The van der Waals surface area contributed by atoms with Crippen molar-refractivity contribution in [2.75, 3.05) is 18.8 Å². The molecule has 1 amide bonds. The van der Waals surface area contributed by atoms with Gasteiger partial charge in [-0.2, -0.15) is 0 Å².